The van der Waals surface area contributed by atoms with Gasteiger partial charge in [0.2, 0.25) is 0 Å². The SMILES string of the molecule is FC(F)(F)c1cccnc1[SiH3]. The minimum atomic E-state index is -4.24. The lowest BCUT2D eigenvalue weighted by Crippen LogP contribution is -2.21. The summed E-state index contributed by atoms with van der Waals surface area (Å²) in [6.07, 6.45) is -2.87. The predicted octanol–water partition coefficient (Wildman–Crippen LogP) is 0.0911. The molecule has 1 nitrogen and oxygen atoms in total. The summed E-state index contributed by atoms with van der Waals surface area (Å²) in [5.74, 6) is 0. The van der Waals surface area contributed by atoms with Crippen LogP contribution in [-0.4, -0.2) is 15.2 Å². The lowest BCUT2D eigenvalue weighted by Gasteiger charge is -2.07. The van der Waals surface area contributed by atoms with E-state index in [0.29, 0.717) is 10.2 Å². The van der Waals surface area contributed by atoms with Crippen molar-refractivity contribution < 1.29 is 13.2 Å². The maximum Gasteiger partial charge on any atom is 0.417 e. The second-order valence-electron chi connectivity index (χ2n) is 2.13. The summed E-state index contributed by atoms with van der Waals surface area (Å²) < 4.78 is 36.1. The summed E-state index contributed by atoms with van der Waals surface area (Å²) in [7, 11) is 0.325. The molecule has 1 rings (SSSR count). The van der Waals surface area contributed by atoms with Crippen molar-refractivity contribution in [2.45, 2.75) is 6.18 Å². The van der Waals surface area contributed by atoms with Crippen LogP contribution in [0.4, 0.5) is 13.2 Å². The Hall–Kier alpha value is -0.843. The molecule has 0 fully saturated rings. The molecular weight excluding hydrogens is 171 g/mol. The standard InChI is InChI=1S/C6H6F3NSi/c7-6(8,9)4-2-1-3-10-5(4)11/h1-3H,11H3. The Labute approximate surface area is 64.7 Å². The van der Waals surface area contributed by atoms with Gasteiger partial charge < -0.3 is 0 Å². The molecule has 0 aliphatic heterocycles. The van der Waals surface area contributed by atoms with E-state index in [-0.39, 0.29) is 5.32 Å². The van der Waals surface area contributed by atoms with Crippen LogP contribution in [0.3, 0.4) is 0 Å². The summed E-state index contributed by atoms with van der Waals surface area (Å²) in [5, 5.41) is 0.153. The summed E-state index contributed by atoms with van der Waals surface area (Å²) >= 11 is 0. The molecule has 1 aromatic heterocycles. The number of rotatable bonds is 0. The zero-order chi connectivity index (χ0) is 8.48. The maximum atomic E-state index is 12.0. The Kier molecular flexibility index (Phi) is 1.99. The average molecular weight is 177 g/mol. The monoisotopic (exact) mass is 177 g/mol. The number of hydrogen-bond donors (Lipinski definition) is 0. The lowest BCUT2D eigenvalue weighted by molar-refractivity contribution is -0.136. The van der Waals surface area contributed by atoms with Crippen LogP contribution < -0.4 is 5.32 Å². The van der Waals surface area contributed by atoms with Crippen LogP contribution in [0.2, 0.25) is 0 Å². The minimum absolute atomic E-state index is 0.153. The summed E-state index contributed by atoms with van der Waals surface area (Å²) in [6.45, 7) is 0. The van der Waals surface area contributed by atoms with E-state index < -0.39 is 11.7 Å². The van der Waals surface area contributed by atoms with Crippen LogP contribution in [0, 0.1) is 0 Å². The number of pyridine rings is 1. The second-order valence-corrected chi connectivity index (χ2v) is 3.08. The van der Waals surface area contributed by atoms with E-state index in [1.807, 2.05) is 0 Å². The molecule has 11 heavy (non-hydrogen) atoms. The Morgan fingerprint density at radius 2 is 2.00 bits per heavy atom. The van der Waals surface area contributed by atoms with Gasteiger partial charge in [-0.3, -0.25) is 4.98 Å². The third-order valence-electron chi connectivity index (χ3n) is 1.31. The van der Waals surface area contributed by atoms with Crippen LogP contribution in [0.25, 0.3) is 0 Å². The van der Waals surface area contributed by atoms with Crippen molar-refractivity contribution in [3.63, 3.8) is 0 Å². The molecule has 0 N–H and O–H groups in total. The molecule has 0 saturated heterocycles. The van der Waals surface area contributed by atoms with Gasteiger partial charge in [0, 0.05) is 11.5 Å². The van der Waals surface area contributed by atoms with Crippen molar-refractivity contribution in [2.24, 2.45) is 0 Å². The topological polar surface area (TPSA) is 12.9 Å². The fourth-order valence-corrected chi connectivity index (χ4v) is 1.38. The van der Waals surface area contributed by atoms with Gasteiger partial charge in [0.1, 0.15) is 0 Å². The molecule has 1 aromatic rings. The van der Waals surface area contributed by atoms with Crippen molar-refractivity contribution in [3.05, 3.63) is 23.9 Å². The first-order chi connectivity index (χ1) is 5.02. The number of nitrogens with zero attached hydrogens (tertiary/aromatic N) is 1. The molecule has 5 heteroatoms. The Morgan fingerprint density at radius 3 is 2.36 bits per heavy atom. The fraction of sp³-hybridized carbons (Fsp3) is 0.167. The van der Waals surface area contributed by atoms with E-state index in [0.717, 1.165) is 6.07 Å². The van der Waals surface area contributed by atoms with Gasteiger partial charge in [-0.05, 0) is 12.1 Å². The van der Waals surface area contributed by atoms with Crippen molar-refractivity contribution in [3.8, 4) is 0 Å². The zero-order valence-electron chi connectivity index (χ0n) is 5.81. The van der Waals surface area contributed by atoms with Crippen LogP contribution in [0.1, 0.15) is 5.56 Å². The summed E-state index contributed by atoms with van der Waals surface area (Å²) in [6, 6.07) is 2.35. The molecule has 0 saturated carbocycles. The van der Waals surface area contributed by atoms with Crippen LogP contribution in [-0.2, 0) is 6.18 Å². The van der Waals surface area contributed by atoms with Gasteiger partial charge in [0.25, 0.3) is 0 Å². The highest BCUT2D eigenvalue weighted by molar-refractivity contribution is 6.31. The smallest absolute Gasteiger partial charge is 0.267 e. The predicted molar refractivity (Wildman–Crippen MR) is 38.8 cm³/mol. The first-order valence-corrected chi connectivity index (χ1v) is 4.00. The molecule has 0 aliphatic rings. The Balaban J connectivity index is 3.14. The molecule has 0 spiro atoms. The Morgan fingerprint density at radius 1 is 1.36 bits per heavy atom. The quantitative estimate of drug-likeness (QED) is 0.512. The zero-order valence-corrected chi connectivity index (χ0v) is 7.81. The highest BCUT2D eigenvalue weighted by Crippen LogP contribution is 2.26. The lowest BCUT2D eigenvalue weighted by atomic mass is 10.3. The van der Waals surface area contributed by atoms with Crippen molar-refractivity contribution in [1.29, 1.82) is 0 Å². The fourth-order valence-electron chi connectivity index (χ4n) is 0.784. The molecule has 0 aromatic carbocycles. The first kappa shape index (κ1) is 8.26. The van der Waals surface area contributed by atoms with Crippen molar-refractivity contribution in [1.82, 2.24) is 4.98 Å². The number of alkyl halides is 3. The first-order valence-electron chi connectivity index (χ1n) is 3.00. The average Bonchev–Trinajstić information content (AvgIpc) is 1.86. The van der Waals surface area contributed by atoms with E-state index in [1.54, 1.807) is 0 Å². The van der Waals surface area contributed by atoms with E-state index in [4.69, 9.17) is 0 Å². The molecule has 0 amide bonds. The summed E-state index contributed by atoms with van der Waals surface area (Å²) in [5.41, 5.74) is -0.605. The van der Waals surface area contributed by atoms with Gasteiger partial charge in [-0.15, -0.1) is 0 Å². The normalized spacial score (nSPS) is 11.9. The van der Waals surface area contributed by atoms with Crippen molar-refractivity contribution in [2.75, 3.05) is 0 Å². The third kappa shape index (κ3) is 1.80. The van der Waals surface area contributed by atoms with Crippen LogP contribution in [0.5, 0.6) is 0 Å². The van der Waals surface area contributed by atoms with Crippen LogP contribution >= 0.6 is 0 Å². The molecule has 0 unspecified atom stereocenters. The van der Waals surface area contributed by atoms with E-state index in [9.17, 15) is 13.2 Å². The molecule has 0 atom stereocenters. The highest BCUT2D eigenvalue weighted by atomic mass is 28.1. The van der Waals surface area contributed by atoms with Gasteiger partial charge in [-0.2, -0.15) is 13.2 Å². The van der Waals surface area contributed by atoms with Gasteiger partial charge in [0.15, 0.2) is 0 Å². The van der Waals surface area contributed by atoms with Crippen molar-refractivity contribution >= 4 is 15.6 Å². The number of hydrogen-bond acceptors (Lipinski definition) is 1. The number of halogens is 3. The minimum Gasteiger partial charge on any atom is -0.267 e. The van der Waals surface area contributed by atoms with E-state index in [2.05, 4.69) is 4.98 Å². The molecular formula is C6H6F3NSi. The van der Waals surface area contributed by atoms with Gasteiger partial charge in [-0.25, -0.2) is 0 Å². The maximum absolute atomic E-state index is 12.0. The molecule has 0 bridgehead atoms. The van der Waals surface area contributed by atoms with Gasteiger partial charge >= 0.3 is 6.18 Å². The highest BCUT2D eigenvalue weighted by Gasteiger charge is 2.32. The second kappa shape index (κ2) is 2.65. The molecule has 0 aliphatic carbocycles. The summed E-state index contributed by atoms with van der Waals surface area (Å²) in [4.78, 5) is 3.59. The molecule has 0 radical (unpaired) electrons. The van der Waals surface area contributed by atoms with E-state index in [1.165, 1.54) is 12.3 Å². The third-order valence-corrected chi connectivity index (χ3v) is 2.11. The molecule has 1 heterocycles. The Bertz CT molecular complexity index is 258. The largest absolute Gasteiger partial charge is 0.417 e. The number of aromatic nitrogens is 1. The van der Waals surface area contributed by atoms with Crippen LogP contribution in [0.15, 0.2) is 18.3 Å². The van der Waals surface area contributed by atoms with E-state index >= 15 is 0 Å². The van der Waals surface area contributed by atoms with Gasteiger partial charge in [0.05, 0.1) is 15.8 Å². The van der Waals surface area contributed by atoms with Gasteiger partial charge in [-0.1, -0.05) is 0 Å². The molecule has 60 valence electrons.